The van der Waals surface area contributed by atoms with Crippen molar-refractivity contribution in [2.24, 2.45) is 23.3 Å². The molecule has 1 aliphatic rings. The zero-order chi connectivity index (χ0) is 70.8. The number of carbonyl (C=O) groups excluding carboxylic acids is 11. The van der Waals surface area contributed by atoms with Gasteiger partial charge in [-0.25, -0.2) is 0 Å². The lowest BCUT2D eigenvalue weighted by Gasteiger charge is -2.42. The summed E-state index contributed by atoms with van der Waals surface area (Å²) in [5, 5.41) is 66.2. The number of carboxylic acid groups (broad SMARTS) is 4. The highest BCUT2D eigenvalue weighted by atomic mass is 16.5. The molecule has 1 heterocycles. The van der Waals surface area contributed by atoms with Gasteiger partial charge in [0, 0.05) is 38.3 Å². The highest BCUT2D eigenvalue weighted by molar-refractivity contribution is 6.00. The minimum absolute atomic E-state index is 0.0102. The Bertz CT molecular complexity index is 2770. The molecular weight excluding hydrogens is 1230 g/mol. The largest absolute Gasteiger partial charge is 0.481 e. The van der Waals surface area contributed by atoms with E-state index in [1.807, 2.05) is 13.8 Å². The van der Waals surface area contributed by atoms with Crippen molar-refractivity contribution >= 4 is 88.9 Å². The van der Waals surface area contributed by atoms with Gasteiger partial charge >= 0.3 is 23.9 Å². The first-order chi connectivity index (χ1) is 44.2. The van der Waals surface area contributed by atoms with Crippen molar-refractivity contribution in [3.63, 3.8) is 0 Å². The number of hydrogen-bond acceptors (Lipinski definition) is 18. The van der Waals surface area contributed by atoms with Crippen molar-refractivity contribution in [2.75, 3.05) is 19.8 Å². The quantitative estimate of drug-likeness (QED) is 0.0308. The lowest BCUT2D eigenvalue weighted by Crippen LogP contribution is -2.73. The molecule has 526 valence electrons. The molecule has 11 amide bonds. The summed E-state index contributed by atoms with van der Waals surface area (Å²) in [5.41, 5.74) is 10.2. The molecule has 2 rings (SSSR count). The van der Waals surface area contributed by atoms with Gasteiger partial charge in [0.25, 0.3) is 5.91 Å². The summed E-state index contributed by atoms with van der Waals surface area (Å²) in [6.07, 6.45) is -4.69. The number of hydrogen-bond donors (Lipinski definition) is 17. The lowest BCUT2D eigenvalue weighted by atomic mass is 9.93. The lowest BCUT2D eigenvalue weighted by molar-refractivity contribution is -0.156. The molecule has 33 nitrogen and oxygen atoms in total. The SMILES string of the molecule is CCCC[C@H](NC(=O)[C@H](CCC(N)=O)NC(=O)[C@H](CCCCN)NC(=O)C1(NC(=O)[C@H](CC(C)C)NC(=O)[C@H](CC(=O)O)NCc2ccccc2)COC1)C(=O)N[C@@H](CCC(=O)O)C(=O)N[C@@H](CCC(=O)O)C(=O)N[C@@H](CCC(=O)O)C(=O)N[C@@H](C)C(=O)N[C@H](C)C(C)C. The number of rotatable bonds is 47. The Morgan fingerprint density at radius 1 is 0.479 bits per heavy atom. The molecule has 0 radical (unpaired) electrons. The number of primary amides is 1. The van der Waals surface area contributed by atoms with E-state index in [1.165, 1.54) is 6.92 Å². The van der Waals surface area contributed by atoms with Gasteiger partial charge < -0.3 is 95.1 Å². The van der Waals surface area contributed by atoms with Gasteiger partial charge in [-0.05, 0) is 95.6 Å². The number of ether oxygens (including phenoxy) is 1. The summed E-state index contributed by atoms with van der Waals surface area (Å²) in [7, 11) is 0. The number of nitrogens with one attached hydrogen (secondary N) is 11. The molecule has 0 saturated carbocycles. The maximum absolute atomic E-state index is 14.4. The van der Waals surface area contributed by atoms with Crippen molar-refractivity contribution in [3.05, 3.63) is 35.9 Å². The van der Waals surface area contributed by atoms with Crippen LogP contribution in [0.4, 0.5) is 0 Å². The van der Waals surface area contributed by atoms with Gasteiger partial charge in [-0.3, -0.25) is 71.9 Å². The van der Waals surface area contributed by atoms with Crippen molar-refractivity contribution in [3.8, 4) is 0 Å². The number of benzene rings is 1. The summed E-state index contributed by atoms with van der Waals surface area (Å²) in [6, 6.07) is -5.28. The molecular formula is C61H97N13O20. The van der Waals surface area contributed by atoms with E-state index in [4.69, 9.17) is 16.2 Å². The Hall–Kier alpha value is -8.85. The van der Waals surface area contributed by atoms with Crippen LogP contribution >= 0.6 is 0 Å². The first kappa shape index (κ1) is 81.2. The minimum atomic E-state index is -1.83. The van der Waals surface area contributed by atoms with Crippen LogP contribution in [0.15, 0.2) is 30.3 Å². The summed E-state index contributed by atoms with van der Waals surface area (Å²) < 4.78 is 5.39. The maximum atomic E-state index is 14.4. The average Bonchev–Trinajstić information content (AvgIpc) is 0.785. The molecule has 0 spiro atoms. The Kier molecular flexibility index (Phi) is 36.0. The molecule has 33 heteroatoms. The molecule has 0 aliphatic carbocycles. The van der Waals surface area contributed by atoms with E-state index >= 15 is 0 Å². The monoisotopic (exact) mass is 1330 g/mol. The van der Waals surface area contributed by atoms with Crippen LogP contribution in [0.5, 0.6) is 0 Å². The van der Waals surface area contributed by atoms with Crippen molar-refractivity contribution < 1.29 is 97.1 Å². The smallest absolute Gasteiger partial charge is 0.305 e. The summed E-state index contributed by atoms with van der Waals surface area (Å²) in [5.74, 6) is -16.5. The van der Waals surface area contributed by atoms with Gasteiger partial charge in [-0.15, -0.1) is 0 Å². The van der Waals surface area contributed by atoms with E-state index in [-0.39, 0.29) is 63.1 Å². The van der Waals surface area contributed by atoms with Crippen LogP contribution < -0.4 is 70.0 Å². The van der Waals surface area contributed by atoms with E-state index in [9.17, 15) is 92.3 Å². The highest BCUT2D eigenvalue weighted by Crippen LogP contribution is 2.20. The fourth-order valence-electron chi connectivity index (χ4n) is 9.29. The van der Waals surface area contributed by atoms with E-state index < -0.39 is 220 Å². The normalized spacial score (nSPS) is 15.6. The van der Waals surface area contributed by atoms with Gasteiger partial charge in [-0.1, -0.05) is 77.8 Å². The topological polar surface area (TPSA) is 531 Å². The second-order valence-corrected chi connectivity index (χ2v) is 24.1. The number of amides is 11. The van der Waals surface area contributed by atoms with Crippen molar-refractivity contribution in [1.82, 2.24) is 58.5 Å². The van der Waals surface area contributed by atoms with Gasteiger partial charge in [-0.2, -0.15) is 0 Å². The molecule has 1 saturated heterocycles. The number of aliphatic carboxylic acids is 4. The zero-order valence-electron chi connectivity index (χ0n) is 54.4. The maximum Gasteiger partial charge on any atom is 0.305 e. The zero-order valence-corrected chi connectivity index (χ0v) is 54.4. The van der Waals surface area contributed by atoms with Crippen LogP contribution in [0.1, 0.15) is 157 Å². The Balaban J connectivity index is 2.47. The number of nitrogens with two attached hydrogens (primary N) is 2. The van der Waals surface area contributed by atoms with E-state index in [0.717, 1.165) is 5.56 Å². The van der Waals surface area contributed by atoms with Crippen LogP contribution in [0.2, 0.25) is 0 Å². The van der Waals surface area contributed by atoms with Gasteiger partial charge in [0.15, 0.2) is 5.54 Å². The summed E-state index contributed by atoms with van der Waals surface area (Å²) >= 11 is 0. The molecule has 19 N–H and O–H groups in total. The number of carboxylic acids is 4. The van der Waals surface area contributed by atoms with Crippen LogP contribution in [0.25, 0.3) is 0 Å². The molecule has 1 aromatic rings. The van der Waals surface area contributed by atoms with Gasteiger partial charge in [0.1, 0.15) is 48.3 Å². The third-order valence-electron chi connectivity index (χ3n) is 15.2. The molecule has 1 fully saturated rings. The Morgan fingerprint density at radius 2 is 0.894 bits per heavy atom. The Labute approximate surface area is 545 Å². The molecule has 0 aromatic heterocycles. The molecule has 94 heavy (non-hydrogen) atoms. The first-order valence-electron chi connectivity index (χ1n) is 31.5. The van der Waals surface area contributed by atoms with Crippen LogP contribution in [0, 0.1) is 11.8 Å². The molecule has 10 atom stereocenters. The second-order valence-electron chi connectivity index (χ2n) is 24.1. The fourth-order valence-corrected chi connectivity index (χ4v) is 9.29. The van der Waals surface area contributed by atoms with E-state index in [1.54, 1.807) is 58.0 Å². The van der Waals surface area contributed by atoms with E-state index in [2.05, 4.69) is 58.5 Å². The first-order valence-corrected chi connectivity index (χ1v) is 31.5. The van der Waals surface area contributed by atoms with Gasteiger partial charge in [0.2, 0.25) is 59.1 Å². The number of unbranched alkanes of at least 4 members (excludes halogenated alkanes) is 2. The average molecular weight is 1330 g/mol. The standard InChI is InChI=1S/C61H97N13O20/c1-8-9-17-38(53(86)70-42(21-25-48(78)79)57(90)71-43(22-26-49(80)81)56(89)69-41(20-24-47(76)77)52(85)66-36(7)51(84)65-35(6)34(4)5)67-55(88)40(19-23-46(63)75)68-54(87)39(18-13-14-27-62)73-60(93)61(31-94-32-61)74-59(92)45(28-33(2)3)72-58(91)44(29-50(82)83)64-30-37-15-11-10-12-16-37/h10-12,15-16,33-36,38-45,64H,8-9,13-14,17-32,62H2,1-7H3,(H2,63,75)(H,65,84)(H,66,85)(H,67,88)(H,68,87)(H,69,89)(H,70,86)(H,71,90)(H,72,91)(H,73,93)(H,74,92)(H,76,77)(H,78,79)(H,80,81)(H,82,83)/t35-,36+,38+,39+,40+,41+,42+,43+,44+,45+/m1/s1. The summed E-state index contributed by atoms with van der Waals surface area (Å²) in [4.78, 5) is 199. The van der Waals surface area contributed by atoms with Crippen LogP contribution in [0.3, 0.4) is 0 Å². The third kappa shape index (κ3) is 30.3. The second kappa shape index (κ2) is 41.7. The predicted octanol–water partition coefficient (Wildman–Crippen LogP) is -2.21. The van der Waals surface area contributed by atoms with E-state index in [0.29, 0.717) is 12.8 Å². The van der Waals surface area contributed by atoms with Crippen LogP contribution in [-0.4, -0.2) is 195 Å². The molecule has 1 aromatic carbocycles. The third-order valence-corrected chi connectivity index (χ3v) is 15.2. The number of carbonyl (C=O) groups is 15. The van der Waals surface area contributed by atoms with Gasteiger partial charge in [0.05, 0.1) is 25.7 Å². The van der Waals surface area contributed by atoms with Crippen LogP contribution in [-0.2, 0) is 83.2 Å². The Morgan fingerprint density at radius 3 is 1.29 bits per heavy atom. The molecule has 1 aliphatic heterocycles. The molecule has 0 unspecified atom stereocenters. The summed E-state index contributed by atoms with van der Waals surface area (Å²) in [6.45, 7) is 11.5. The van der Waals surface area contributed by atoms with Crippen molar-refractivity contribution in [1.29, 1.82) is 0 Å². The van der Waals surface area contributed by atoms with Crippen molar-refractivity contribution in [2.45, 2.75) is 224 Å². The highest BCUT2D eigenvalue weighted by Gasteiger charge is 2.49. The molecule has 0 bridgehead atoms. The predicted molar refractivity (Wildman–Crippen MR) is 336 cm³/mol. The minimum Gasteiger partial charge on any atom is -0.481 e. The fraction of sp³-hybridized carbons (Fsp3) is 0.656.